The molecule has 6 heteroatoms. The van der Waals surface area contributed by atoms with E-state index in [0.29, 0.717) is 0 Å². The highest BCUT2D eigenvalue weighted by Gasteiger charge is 2.25. The van der Waals surface area contributed by atoms with E-state index in [0.717, 1.165) is 39.9 Å². The fourth-order valence-electron chi connectivity index (χ4n) is 3.40. The Morgan fingerprint density at radius 1 is 0.963 bits per heavy atom. The van der Waals surface area contributed by atoms with E-state index in [2.05, 4.69) is 41.7 Å². The van der Waals surface area contributed by atoms with Gasteiger partial charge in [0.1, 0.15) is 5.82 Å². The van der Waals surface area contributed by atoms with Gasteiger partial charge in [-0.25, -0.2) is 14.5 Å². The van der Waals surface area contributed by atoms with Gasteiger partial charge >= 0.3 is 0 Å². The number of fused-ring (bicyclic) bond motifs is 1. The summed E-state index contributed by atoms with van der Waals surface area (Å²) < 4.78 is 3.99. The molecule has 0 aliphatic heterocycles. The van der Waals surface area contributed by atoms with Crippen LogP contribution in [0.4, 0.5) is 0 Å². The van der Waals surface area contributed by atoms with E-state index in [4.69, 9.17) is 15.1 Å². The fourth-order valence-corrected chi connectivity index (χ4v) is 3.40. The lowest BCUT2D eigenvalue weighted by Crippen LogP contribution is -2.11. The molecule has 1 aromatic carbocycles. The molecule has 2 atom stereocenters. The third kappa shape index (κ3) is 3.01. The predicted molar refractivity (Wildman–Crippen MR) is 106 cm³/mol. The fraction of sp³-hybridized carbons (Fsp3) is 0.333. The Morgan fingerprint density at radius 3 is 2.41 bits per heavy atom. The van der Waals surface area contributed by atoms with Gasteiger partial charge in [-0.2, -0.15) is 5.10 Å². The number of aromatic nitrogens is 6. The van der Waals surface area contributed by atoms with Crippen LogP contribution in [0.3, 0.4) is 0 Å². The lowest BCUT2D eigenvalue weighted by Gasteiger charge is -2.16. The van der Waals surface area contributed by atoms with Gasteiger partial charge < -0.3 is 4.57 Å². The molecule has 6 nitrogen and oxygen atoms in total. The zero-order valence-corrected chi connectivity index (χ0v) is 16.4. The normalized spacial score (nSPS) is 13.8. The van der Waals surface area contributed by atoms with Crippen molar-refractivity contribution in [2.75, 3.05) is 0 Å². The zero-order valence-electron chi connectivity index (χ0n) is 16.4. The van der Waals surface area contributed by atoms with Gasteiger partial charge in [-0.15, -0.1) is 0 Å². The number of aryl methyl sites for hydroxylation is 3. The van der Waals surface area contributed by atoms with E-state index in [1.165, 1.54) is 0 Å². The van der Waals surface area contributed by atoms with Crippen molar-refractivity contribution in [2.45, 2.75) is 39.5 Å². The predicted octanol–water partition coefficient (Wildman–Crippen LogP) is 4.05. The third-order valence-electron chi connectivity index (χ3n) is 5.27. The molecular formula is C21H24N6. The van der Waals surface area contributed by atoms with Gasteiger partial charge in [-0.05, 0) is 13.8 Å². The number of benzene rings is 1. The lowest BCUT2D eigenvalue weighted by atomic mass is 9.94. The van der Waals surface area contributed by atoms with E-state index in [1.807, 2.05) is 49.8 Å². The molecule has 0 aliphatic carbocycles. The molecule has 0 bridgehead atoms. The first-order chi connectivity index (χ1) is 13.0. The molecule has 0 saturated carbocycles. The van der Waals surface area contributed by atoms with Gasteiger partial charge in [0.25, 0.3) is 0 Å². The van der Waals surface area contributed by atoms with Gasteiger partial charge in [0.15, 0.2) is 11.5 Å². The second-order valence-corrected chi connectivity index (χ2v) is 7.23. The highest BCUT2D eigenvalue weighted by Crippen LogP contribution is 2.32. The summed E-state index contributed by atoms with van der Waals surface area (Å²) in [5.41, 5.74) is 4.82. The minimum Gasteiger partial charge on any atom is -0.337 e. The van der Waals surface area contributed by atoms with Crippen LogP contribution in [0.25, 0.3) is 16.9 Å². The average Bonchev–Trinajstić information content (AvgIpc) is 3.29. The largest absolute Gasteiger partial charge is 0.337 e. The Balaban J connectivity index is 1.69. The number of rotatable bonds is 4. The number of hydrogen-bond acceptors (Lipinski definition) is 4. The molecule has 0 amide bonds. The summed E-state index contributed by atoms with van der Waals surface area (Å²) in [7, 11) is 2.05. The Kier molecular flexibility index (Phi) is 4.26. The van der Waals surface area contributed by atoms with E-state index >= 15 is 0 Å². The topological polar surface area (TPSA) is 60.9 Å². The monoisotopic (exact) mass is 360 g/mol. The first-order valence-electron chi connectivity index (χ1n) is 9.23. The quantitative estimate of drug-likeness (QED) is 0.551. The van der Waals surface area contributed by atoms with Crippen molar-refractivity contribution >= 4 is 5.65 Å². The summed E-state index contributed by atoms with van der Waals surface area (Å²) in [4.78, 5) is 14.1. The molecule has 4 rings (SSSR count). The van der Waals surface area contributed by atoms with Crippen LogP contribution in [0.1, 0.15) is 48.7 Å². The van der Waals surface area contributed by atoms with Crippen LogP contribution in [0.5, 0.6) is 0 Å². The van der Waals surface area contributed by atoms with Crippen molar-refractivity contribution in [3.05, 3.63) is 65.8 Å². The van der Waals surface area contributed by atoms with E-state index in [1.54, 1.807) is 0 Å². The first kappa shape index (κ1) is 17.4. The molecule has 0 N–H and O–H groups in total. The maximum Gasteiger partial charge on any atom is 0.177 e. The third-order valence-corrected chi connectivity index (χ3v) is 5.27. The van der Waals surface area contributed by atoms with Crippen LogP contribution in [-0.2, 0) is 7.05 Å². The van der Waals surface area contributed by atoms with Crippen LogP contribution in [-0.4, -0.2) is 29.1 Å². The van der Waals surface area contributed by atoms with Crippen molar-refractivity contribution in [2.24, 2.45) is 7.05 Å². The second-order valence-electron chi connectivity index (χ2n) is 7.23. The molecule has 0 radical (unpaired) electrons. The van der Waals surface area contributed by atoms with Crippen LogP contribution >= 0.6 is 0 Å². The van der Waals surface area contributed by atoms with Crippen molar-refractivity contribution in [1.29, 1.82) is 0 Å². The molecule has 0 saturated heterocycles. The smallest absolute Gasteiger partial charge is 0.177 e. The summed E-state index contributed by atoms with van der Waals surface area (Å²) in [6.45, 7) is 8.31. The number of nitrogens with zero attached hydrogens (tertiary/aromatic N) is 6. The summed E-state index contributed by atoms with van der Waals surface area (Å²) in [6.07, 6.45) is 3.92. The molecule has 3 heterocycles. The summed E-state index contributed by atoms with van der Waals surface area (Å²) in [5.74, 6) is 2.17. The molecular weight excluding hydrogens is 336 g/mol. The number of hydrogen-bond donors (Lipinski definition) is 0. The molecule has 4 aromatic rings. The van der Waals surface area contributed by atoms with Crippen LogP contribution in [0.15, 0.2) is 42.7 Å². The van der Waals surface area contributed by atoms with E-state index in [-0.39, 0.29) is 11.8 Å². The Bertz CT molecular complexity index is 1050. The highest BCUT2D eigenvalue weighted by atomic mass is 15.3. The molecule has 3 aromatic heterocycles. The van der Waals surface area contributed by atoms with Crippen LogP contribution < -0.4 is 0 Å². The van der Waals surface area contributed by atoms with Gasteiger partial charge in [0, 0.05) is 36.8 Å². The molecule has 138 valence electrons. The SMILES string of the molecule is Cc1ncc(C)n2nc(C(C)C(C)c3nc(-c4ccccc4)cn3C)nc12. The van der Waals surface area contributed by atoms with E-state index < -0.39 is 0 Å². The molecule has 0 fully saturated rings. The Hall–Kier alpha value is -3.02. The minimum atomic E-state index is 0.133. The first-order valence-corrected chi connectivity index (χ1v) is 9.23. The van der Waals surface area contributed by atoms with Gasteiger partial charge in [0.2, 0.25) is 0 Å². The van der Waals surface area contributed by atoms with E-state index in [9.17, 15) is 0 Å². The van der Waals surface area contributed by atoms with Crippen molar-refractivity contribution in [3.8, 4) is 11.3 Å². The maximum absolute atomic E-state index is 4.90. The van der Waals surface area contributed by atoms with Crippen LogP contribution in [0.2, 0.25) is 0 Å². The van der Waals surface area contributed by atoms with Gasteiger partial charge in [-0.1, -0.05) is 44.2 Å². The van der Waals surface area contributed by atoms with Crippen LogP contribution in [0, 0.1) is 13.8 Å². The standard InChI is InChI=1S/C21H24N6/c1-13-11-22-16(4)21-24-19(25-27(13)21)14(2)15(3)20-23-18(12-26(20)5)17-9-7-6-8-10-17/h6-12,14-15H,1-5H3. The van der Waals surface area contributed by atoms with Gasteiger partial charge in [0.05, 0.1) is 17.1 Å². The van der Waals surface area contributed by atoms with Gasteiger partial charge in [-0.3, -0.25) is 4.98 Å². The molecule has 27 heavy (non-hydrogen) atoms. The van der Waals surface area contributed by atoms with Crippen molar-refractivity contribution in [3.63, 3.8) is 0 Å². The summed E-state index contributed by atoms with van der Waals surface area (Å²) in [6, 6.07) is 10.3. The minimum absolute atomic E-state index is 0.133. The average molecular weight is 360 g/mol. The molecule has 0 spiro atoms. The Morgan fingerprint density at radius 2 is 1.70 bits per heavy atom. The summed E-state index contributed by atoms with van der Waals surface area (Å²) in [5, 5.41) is 4.74. The summed E-state index contributed by atoms with van der Waals surface area (Å²) >= 11 is 0. The van der Waals surface area contributed by atoms with Crippen molar-refractivity contribution in [1.82, 2.24) is 29.1 Å². The second kappa shape index (κ2) is 6.61. The van der Waals surface area contributed by atoms with Crippen molar-refractivity contribution < 1.29 is 0 Å². The number of imidazole rings is 1. The Labute approximate surface area is 158 Å². The molecule has 2 unspecified atom stereocenters. The maximum atomic E-state index is 4.90. The molecule has 0 aliphatic rings. The zero-order chi connectivity index (χ0) is 19.1. The highest BCUT2D eigenvalue weighted by molar-refractivity contribution is 5.58. The lowest BCUT2D eigenvalue weighted by molar-refractivity contribution is 0.544.